The Morgan fingerprint density at radius 3 is 2.74 bits per heavy atom. The first-order chi connectivity index (χ1) is 9.38. The van der Waals surface area contributed by atoms with Crippen LogP contribution in [0.25, 0.3) is 0 Å². The summed E-state index contributed by atoms with van der Waals surface area (Å²) in [5, 5.41) is 3.75. The van der Waals surface area contributed by atoms with Crippen molar-refractivity contribution in [2.75, 3.05) is 18.0 Å². The second-order valence-electron chi connectivity index (χ2n) is 6.63. The van der Waals surface area contributed by atoms with E-state index in [-0.39, 0.29) is 0 Å². The molecule has 3 heterocycles. The molecule has 2 atom stereocenters. The van der Waals surface area contributed by atoms with Crippen LogP contribution in [0.4, 0.5) is 5.69 Å². The minimum Gasteiger partial charge on any atom is -0.371 e. The summed E-state index contributed by atoms with van der Waals surface area (Å²) in [5.41, 5.74) is 3.05. The summed E-state index contributed by atoms with van der Waals surface area (Å²) in [6.45, 7) is 2.50. The monoisotopic (exact) mass is 256 g/mol. The molecule has 1 aromatic carbocycles. The third-order valence-corrected chi connectivity index (χ3v) is 5.36. The van der Waals surface area contributed by atoms with Gasteiger partial charge in [0.05, 0.1) is 0 Å². The summed E-state index contributed by atoms with van der Waals surface area (Å²) in [6, 6.07) is 10.6. The fourth-order valence-corrected chi connectivity index (χ4v) is 4.39. The van der Waals surface area contributed by atoms with E-state index in [4.69, 9.17) is 0 Å². The molecule has 3 aliphatic rings. The molecule has 0 radical (unpaired) electrons. The van der Waals surface area contributed by atoms with Crippen LogP contribution in [-0.4, -0.2) is 25.2 Å². The fourth-order valence-electron chi connectivity index (χ4n) is 4.39. The van der Waals surface area contributed by atoms with Gasteiger partial charge in [0, 0.05) is 30.9 Å². The Kier molecular flexibility index (Phi) is 2.99. The Labute approximate surface area is 116 Å². The third-order valence-electron chi connectivity index (χ3n) is 5.36. The minimum absolute atomic E-state index is 0.842. The van der Waals surface area contributed by atoms with Crippen LogP contribution in [-0.2, 0) is 6.42 Å². The third kappa shape index (κ3) is 2.27. The van der Waals surface area contributed by atoms with Gasteiger partial charge in [0.1, 0.15) is 0 Å². The molecule has 2 bridgehead atoms. The standard InChI is InChI=1S/C17H24N2/c1-2-4-17-14(3-1)8-10-19(17)9-7-13-11-15-5-6-16(12-13)18-15/h1-4,13,15-16,18H,5-12H2. The van der Waals surface area contributed by atoms with Crippen LogP contribution in [0.1, 0.15) is 37.7 Å². The van der Waals surface area contributed by atoms with Crippen molar-refractivity contribution in [3.63, 3.8) is 0 Å². The second kappa shape index (κ2) is 4.82. The Morgan fingerprint density at radius 1 is 1.11 bits per heavy atom. The Hall–Kier alpha value is -1.02. The van der Waals surface area contributed by atoms with E-state index in [1.54, 1.807) is 5.56 Å². The Balaban J connectivity index is 1.36. The normalized spacial score (nSPS) is 32.6. The molecule has 2 nitrogen and oxygen atoms in total. The van der Waals surface area contributed by atoms with Gasteiger partial charge in [-0.3, -0.25) is 0 Å². The molecule has 4 rings (SSSR count). The van der Waals surface area contributed by atoms with Crippen molar-refractivity contribution >= 4 is 5.69 Å². The van der Waals surface area contributed by atoms with Crippen LogP contribution in [0.15, 0.2) is 24.3 Å². The van der Waals surface area contributed by atoms with E-state index >= 15 is 0 Å². The van der Waals surface area contributed by atoms with Crippen molar-refractivity contribution in [1.29, 1.82) is 0 Å². The molecule has 2 unspecified atom stereocenters. The predicted octanol–water partition coefficient (Wildman–Crippen LogP) is 2.97. The van der Waals surface area contributed by atoms with Crippen LogP contribution in [0.5, 0.6) is 0 Å². The molecule has 0 amide bonds. The minimum atomic E-state index is 0.842. The van der Waals surface area contributed by atoms with Gasteiger partial charge in [-0.05, 0) is 56.1 Å². The molecule has 0 saturated carbocycles. The number of piperidine rings is 1. The van der Waals surface area contributed by atoms with Crippen molar-refractivity contribution in [3.8, 4) is 0 Å². The van der Waals surface area contributed by atoms with Crippen LogP contribution < -0.4 is 10.2 Å². The summed E-state index contributed by atoms with van der Waals surface area (Å²) >= 11 is 0. The number of rotatable bonds is 3. The largest absolute Gasteiger partial charge is 0.371 e. The first-order valence-corrected chi connectivity index (χ1v) is 7.97. The molecule has 0 aromatic heterocycles. The van der Waals surface area contributed by atoms with E-state index in [0.29, 0.717) is 0 Å². The molecule has 1 aromatic rings. The maximum atomic E-state index is 3.75. The van der Waals surface area contributed by atoms with Gasteiger partial charge in [0.15, 0.2) is 0 Å². The van der Waals surface area contributed by atoms with E-state index in [0.717, 1.165) is 18.0 Å². The molecule has 2 fully saturated rings. The lowest BCUT2D eigenvalue weighted by Gasteiger charge is -2.30. The van der Waals surface area contributed by atoms with E-state index < -0.39 is 0 Å². The second-order valence-corrected chi connectivity index (χ2v) is 6.63. The summed E-state index contributed by atoms with van der Waals surface area (Å²) in [4.78, 5) is 2.61. The zero-order valence-corrected chi connectivity index (χ0v) is 11.6. The number of nitrogens with zero attached hydrogens (tertiary/aromatic N) is 1. The van der Waals surface area contributed by atoms with Gasteiger partial charge in [-0.25, -0.2) is 0 Å². The highest BCUT2D eigenvalue weighted by molar-refractivity contribution is 5.57. The molecule has 0 aliphatic carbocycles. The van der Waals surface area contributed by atoms with Crippen LogP contribution >= 0.6 is 0 Å². The molecule has 19 heavy (non-hydrogen) atoms. The highest BCUT2D eigenvalue weighted by Crippen LogP contribution is 2.34. The zero-order valence-electron chi connectivity index (χ0n) is 11.6. The molecule has 1 N–H and O–H groups in total. The number of benzene rings is 1. The summed E-state index contributed by atoms with van der Waals surface area (Å²) in [6.07, 6.45) is 8.33. The quantitative estimate of drug-likeness (QED) is 0.894. The molecular weight excluding hydrogens is 232 g/mol. The highest BCUT2D eigenvalue weighted by Gasteiger charge is 2.33. The van der Waals surface area contributed by atoms with E-state index in [9.17, 15) is 0 Å². The van der Waals surface area contributed by atoms with E-state index in [2.05, 4.69) is 34.5 Å². The smallest absolute Gasteiger partial charge is 0.0399 e. The number of hydrogen-bond donors (Lipinski definition) is 1. The van der Waals surface area contributed by atoms with Crippen molar-refractivity contribution in [3.05, 3.63) is 29.8 Å². The summed E-state index contributed by atoms with van der Waals surface area (Å²) in [7, 11) is 0. The van der Waals surface area contributed by atoms with Gasteiger partial charge >= 0.3 is 0 Å². The van der Waals surface area contributed by atoms with Gasteiger partial charge in [0.25, 0.3) is 0 Å². The van der Waals surface area contributed by atoms with Crippen molar-refractivity contribution in [1.82, 2.24) is 5.32 Å². The van der Waals surface area contributed by atoms with Gasteiger partial charge in [-0.15, -0.1) is 0 Å². The molecule has 0 spiro atoms. The average Bonchev–Trinajstić information content (AvgIpc) is 3.00. The number of anilines is 1. The molecular formula is C17H24N2. The number of fused-ring (bicyclic) bond motifs is 3. The lowest BCUT2D eigenvalue weighted by atomic mass is 9.89. The predicted molar refractivity (Wildman–Crippen MR) is 79.6 cm³/mol. The number of para-hydroxylation sites is 1. The van der Waals surface area contributed by atoms with Crippen molar-refractivity contribution in [2.45, 2.75) is 50.6 Å². The van der Waals surface area contributed by atoms with E-state index in [1.165, 1.54) is 57.3 Å². The highest BCUT2D eigenvalue weighted by atomic mass is 15.1. The van der Waals surface area contributed by atoms with Gasteiger partial charge in [-0.2, -0.15) is 0 Å². The number of hydrogen-bond acceptors (Lipinski definition) is 2. The van der Waals surface area contributed by atoms with Gasteiger partial charge in [0.2, 0.25) is 0 Å². The number of nitrogens with one attached hydrogen (secondary N) is 1. The fraction of sp³-hybridized carbons (Fsp3) is 0.647. The van der Waals surface area contributed by atoms with Crippen LogP contribution in [0.3, 0.4) is 0 Å². The Bertz CT molecular complexity index is 444. The maximum absolute atomic E-state index is 3.75. The van der Waals surface area contributed by atoms with Crippen LogP contribution in [0.2, 0.25) is 0 Å². The van der Waals surface area contributed by atoms with Crippen molar-refractivity contribution in [2.24, 2.45) is 5.92 Å². The van der Waals surface area contributed by atoms with E-state index in [1.807, 2.05) is 0 Å². The first kappa shape index (κ1) is 11.8. The summed E-state index contributed by atoms with van der Waals surface area (Å²) < 4.78 is 0. The molecule has 2 saturated heterocycles. The topological polar surface area (TPSA) is 15.3 Å². The SMILES string of the molecule is c1ccc2c(c1)CCN2CCC1CC2CCC(C1)N2. The maximum Gasteiger partial charge on any atom is 0.0399 e. The van der Waals surface area contributed by atoms with Crippen molar-refractivity contribution < 1.29 is 0 Å². The van der Waals surface area contributed by atoms with Gasteiger partial charge in [-0.1, -0.05) is 18.2 Å². The Morgan fingerprint density at radius 2 is 1.89 bits per heavy atom. The molecule has 3 aliphatic heterocycles. The lowest BCUT2D eigenvalue weighted by Crippen LogP contribution is -2.39. The van der Waals surface area contributed by atoms with Gasteiger partial charge < -0.3 is 10.2 Å². The lowest BCUT2D eigenvalue weighted by molar-refractivity contribution is 0.287. The zero-order chi connectivity index (χ0) is 12.7. The molecule has 2 heteroatoms. The van der Waals surface area contributed by atoms with Crippen LogP contribution in [0, 0.1) is 5.92 Å². The summed E-state index contributed by atoms with van der Waals surface area (Å²) in [5.74, 6) is 0.964. The first-order valence-electron chi connectivity index (χ1n) is 7.97. The average molecular weight is 256 g/mol. The molecule has 102 valence electrons.